The van der Waals surface area contributed by atoms with E-state index in [1.165, 1.54) is 5.56 Å². The molecule has 1 aromatic carbocycles. The molecule has 1 N–H and O–H groups in total. The SMILES string of the molecule is CC(C)Cc1ccc(/C=C/C(=O)O)cc1. The van der Waals surface area contributed by atoms with Gasteiger partial charge in [-0.2, -0.15) is 0 Å². The molecule has 2 heteroatoms. The van der Waals surface area contributed by atoms with Crippen molar-refractivity contribution in [1.82, 2.24) is 0 Å². The van der Waals surface area contributed by atoms with Gasteiger partial charge in [-0.3, -0.25) is 0 Å². The summed E-state index contributed by atoms with van der Waals surface area (Å²) in [5.74, 6) is -0.272. The first kappa shape index (κ1) is 11.5. The molecule has 1 rings (SSSR count). The third kappa shape index (κ3) is 4.45. The Morgan fingerprint density at radius 2 is 1.93 bits per heavy atom. The maximum atomic E-state index is 10.3. The highest BCUT2D eigenvalue weighted by atomic mass is 16.4. The van der Waals surface area contributed by atoms with Gasteiger partial charge < -0.3 is 5.11 Å². The maximum Gasteiger partial charge on any atom is 0.328 e. The number of hydrogen-bond acceptors (Lipinski definition) is 1. The predicted octanol–water partition coefficient (Wildman–Crippen LogP) is 2.98. The van der Waals surface area contributed by atoms with Crippen molar-refractivity contribution in [2.24, 2.45) is 5.92 Å². The average molecular weight is 204 g/mol. The van der Waals surface area contributed by atoms with E-state index >= 15 is 0 Å². The smallest absolute Gasteiger partial charge is 0.328 e. The number of carboxylic acids is 1. The highest BCUT2D eigenvalue weighted by Gasteiger charge is 1.97. The summed E-state index contributed by atoms with van der Waals surface area (Å²) in [5, 5.41) is 8.46. The Kier molecular flexibility index (Phi) is 4.10. The molecule has 0 saturated carbocycles. The van der Waals surface area contributed by atoms with Crippen LogP contribution >= 0.6 is 0 Å². The second-order valence-corrected chi connectivity index (χ2v) is 4.01. The molecule has 0 unspecified atom stereocenters. The van der Waals surface area contributed by atoms with E-state index in [0.717, 1.165) is 18.1 Å². The second kappa shape index (κ2) is 5.35. The van der Waals surface area contributed by atoms with Gasteiger partial charge in [0.2, 0.25) is 0 Å². The van der Waals surface area contributed by atoms with Crippen LogP contribution in [0.25, 0.3) is 6.08 Å². The summed E-state index contributed by atoms with van der Waals surface area (Å²) in [7, 11) is 0. The summed E-state index contributed by atoms with van der Waals surface area (Å²) in [5.41, 5.74) is 2.21. The summed E-state index contributed by atoms with van der Waals surface area (Å²) in [6.07, 6.45) is 3.81. The first-order chi connectivity index (χ1) is 7.08. The number of carboxylic acid groups (broad SMARTS) is 1. The zero-order valence-corrected chi connectivity index (χ0v) is 9.10. The largest absolute Gasteiger partial charge is 0.478 e. The van der Waals surface area contributed by atoms with E-state index < -0.39 is 5.97 Å². The number of hydrogen-bond donors (Lipinski definition) is 1. The van der Waals surface area contributed by atoms with Crippen LogP contribution in [0, 0.1) is 5.92 Å². The molecule has 0 aliphatic carbocycles. The van der Waals surface area contributed by atoms with Crippen molar-refractivity contribution in [2.75, 3.05) is 0 Å². The van der Waals surface area contributed by atoms with Crippen molar-refractivity contribution in [1.29, 1.82) is 0 Å². The van der Waals surface area contributed by atoms with Crippen LogP contribution in [0.2, 0.25) is 0 Å². The third-order valence-corrected chi connectivity index (χ3v) is 2.04. The summed E-state index contributed by atoms with van der Waals surface area (Å²) in [6, 6.07) is 7.97. The van der Waals surface area contributed by atoms with Gasteiger partial charge in [0, 0.05) is 6.08 Å². The van der Waals surface area contributed by atoms with Gasteiger partial charge in [-0.05, 0) is 29.5 Å². The fourth-order valence-corrected chi connectivity index (χ4v) is 1.40. The molecule has 1 aromatic rings. The Morgan fingerprint density at radius 3 is 2.40 bits per heavy atom. The molecule has 0 bridgehead atoms. The van der Waals surface area contributed by atoms with Crippen LogP contribution in [-0.2, 0) is 11.2 Å². The number of aliphatic carboxylic acids is 1. The van der Waals surface area contributed by atoms with Gasteiger partial charge in [0.05, 0.1) is 0 Å². The topological polar surface area (TPSA) is 37.3 Å². The minimum absolute atomic E-state index is 0.644. The number of benzene rings is 1. The van der Waals surface area contributed by atoms with E-state index in [1.807, 2.05) is 24.3 Å². The molecule has 0 saturated heterocycles. The van der Waals surface area contributed by atoms with E-state index in [2.05, 4.69) is 13.8 Å². The molecule has 0 atom stereocenters. The molecule has 0 heterocycles. The number of carbonyl (C=O) groups is 1. The maximum absolute atomic E-state index is 10.3. The van der Waals surface area contributed by atoms with Gasteiger partial charge in [0.1, 0.15) is 0 Å². The summed E-state index contributed by atoms with van der Waals surface area (Å²) >= 11 is 0. The standard InChI is InChI=1S/C13H16O2/c1-10(2)9-12-5-3-11(4-6-12)7-8-13(14)15/h3-8,10H,9H2,1-2H3,(H,14,15)/b8-7+. The molecular weight excluding hydrogens is 188 g/mol. The number of rotatable bonds is 4. The molecular formula is C13H16O2. The molecule has 0 radical (unpaired) electrons. The van der Waals surface area contributed by atoms with Crippen molar-refractivity contribution in [2.45, 2.75) is 20.3 Å². The van der Waals surface area contributed by atoms with Gasteiger partial charge in [-0.15, -0.1) is 0 Å². The minimum Gasteiger partial charge on any atom is -0.478 e. The summed E-state index contributed by atoms with van der Waals surface area (Å²) < 4.78 is 0. The van der Waals surface area contributed by atoms with Crippen LogP contribution in [0.5, 0.6) is 0 Å². The second-order valence-electron chi connectivity index (χ2n) is 4.01. The van der Waals surface area contributed by atoms with Gasteiger partial charge in [0.15, 0.2) is 0 Å². The molecule has 15 heavy (non-hydrogen) atoms. The lowest BCUT2D eigenvalue weighted by atomic mass is 10.0. The van der Waals surface area contributed by atoms with Crippen LogP contribution < -0.4 is 0 Å². The minimum atomic E-state index is -0.916. The van der Waals surface area contributed by atoms with Crippen LogP contribution in [0.4, 0.5) is 0 Å². The molecule has 80 valence electrons. The Hall–Kier alpha value is -1.57. The molecule has 2 nitrogen and oxygen atoms in total. The van der Waals surface area contributed by atoms with E-state index in [1.54, 1.807) is 6.08 Å². The Balaban J connectivity index is 2.68. The van der Waals surface area contributed by atoms with E-state index in [-0.39, 0.29) is 0 Å². The monoisotopic (exact) mass is 204 g/mol. The van der Waals surface area contributed by atoms with Gasteiger partial charge in [0.25, 0.3) is 0 Å². The Bertz CT molecular complexity index is 347. The molecule has 0 spiro atoms. The highest BCUT2D eigenvalue weighted by Crippen LogP contribution is 2.10. The van der Waals surface area contributed by atoms with Crippen molar-refractivity contribution in [3.05, 3.63) is 41.5 Å². The van der Waals surface area contributed by atoms with Gasteiger partial charge in [-0.1, -0.05) is 38.1 Å². The fourth-order valence-electron chi connectivity index (χ4n) is 1.40. The van der Waals surface area contributed by atoms with Crippen molar-refractivity contribution < 1.29 is 9.90 Å². The molecule has 0 aliphatic heterocycles. The first-order valence-electron chi connectivity index (χ1n) is 5.08. The lowest BCUT2D eigenvalue weighted by Crippen LogP contribution is -1.93. The molecule has 0 aliphatic rings. The Morgan fingerprint density at radius 1 is 1.33 bits per heavy atom. The lowest BCUT2D eigenvalue weighted by Gasteiger charge is -2.04. The van der Waals surface area contributed by atoms with Crippen molar-refractivity contribution in [3.63, 3.8) is 0 Å². The predicted molar refractivity (Wildman–Crippen MR) is 61.7 cm³/mol. The Labute approximate surface area is 90.3 Å². The molecule has 0 fully saturated rings. The van der Waals surface area contributed by atoms with Crippen LogP contribution in [-0.4, -0.2) is 11.1 Å². The van der Waals surface area contributed by atoms with E-state index in [0.29, 0.717) is 5.92 Å². The van der Waals surface area contributed by atoms with Crippen LogP contribution in [0.3, 0.4) is 0 Å². The van der Waals surface area contributed by atoms with E-state index in [9.17, 15) is 4.79 Å². The van der Waals surface area contributed by atoms with Crippen LogP contribution in [0.1, 0.15) is 25.0 Å². The normalized spacial score (nSPS) is 11.1. The van der Waals surface area contributed by atoms with Crippen molar-refractivity contribution >= 4 is 12.0 Å². The van der Waals surface area contributed by atoms with E-state index in [4.69, 9.17) is 5.11 Å². The zero-order valence-electron chi connectivity index (χ0n) is 9.10. The summed E-state index contributed by atoms with van der Waals surface area (Å²) in [6.45, 7) is 4.36. The van der Waals surface area contributed by atoms with Gasteiger partial charge >= 0.3 is 5.97 Å². The quantitative estimate of drug-likeness (QED) is 0.765. The van der Waals surface area contributed by atoms with Gasteiger partial charge in [-0.25, -0.2) is 4.79 Å². The molecule has 0 amide bonds. The lowest BCUT2D eigenvalue weighted by molar-refractivity contribution is -0.131. The van der Waals surface area contributed by atoms with Crippen LogP contribution in [0.15, 0.2) is 30.3 Å². The third-order valence-electron chi connectivity index (χ3n) is 2.04. The first-order valence-corrected chi connectivity index (χ1v) is 5.08. The molecule has 0 aromatic heterocycles. The summed E-state index contributed by atoms with van der Waals surface area (Å²) in [4.78, 5) is 10.3. The highest BCUT2D eigenvalue weighted by molar-refractivity contribution is 5.85. The van der Waals surface area contributed by atoms with Crippen molar-refractivity contribution in [3.8, 4) is 0 Å². The zero-order chi connectivity index (χ0) is 11.3. The average Bonchev–Trinajstić information content (AvgIpc) is 2.16. The fraction of sp³-hybridized carbons (Fsp3) is 0.308.